The third kappa shape index (κ3) is 23.3. The minimum absolute atomic E-state index is 0.318. The van der Waals surface area contributed by atoms with Crippen LogP contribution < -0.4 is 0 Å². The standard InChI is InChI=1S/2C7H14O/c1-3-4-5-6-7(2)8;1-2-3-4-5-6-7-8/h3-6H2,1-2H3;7H,2-6H2,1H3. The topological polar surface area (TPSA) is 34.1 Å². The van der Waals surface area contributed by atoms with Crippen LogP contribution in [0.1, 0.15) is 78.6 Å². The van der Waals surface area contributed by atoms with E-state index in [9.17, 15) is 9.59 Å². The molecule has 2 nitrogen and oxygen atoms in total. The predicted molar refractivity (Wildman–Crippen MR) is 69.6 cm³/mol. The van der Waals surface area contributed by atoms with Crippen molar-refractivity contribution in [1.29, 1.82) is 0 Å². The second kappa shape index (κ2) is 16.8. The Kier molecular flexibility index (Phi) is 18.6. The minimum Gasteiger partial charge on any atom is -0.303 e. The van der Waals surface area contributed by atoms with E-state index >= 15 is 0 Å². The third-order valence-corrected chi connectivity index (χ3v) is 2.31. The maximum atomic E-state index is 10.3. The first kappa shape index (κ1) is 17.7. The maximum absolute atomic E-state index is 10.3. The van der Waals surface area contributed by atoms with Crippen molar-refractivity contribution in [2.75, 3.05) is 0 Å². The van der Waals surface area contributed by atoms with Crippen molar-refractivity contribution in [3.05, 3.63) is 0 Å². The molecule has 0 bridgehead atoms. The molecule has 16 heavy (non-hydrogen) atoms. The molecule has 0 aromatic carbocycles. The lowest BCUT2D eigenvalue weighted by molar-refractivity contribution is -0.117. The smallest absolute Gasteiger partial charge is 0.129 e. The van der Waals surface area contributed by atoms with Crippen LogP contribution >= 0.6 is 0 Å². The fourth-order valence-corrected chi connectivity index (χ4v) is 1.28. The summed E-state index contributed by atoms with van der Waals surface area (Å²) in [5.41, 5.74) is 0. The molecule has 0 rings (SSSR count). The number of ketones is 1. The van der Waals surface area contributed by atoms with Crippen molar-refractivity contribution in [1.82, 2.24) is 0 Å². The highest BCUT2D eigenvalue weighted by Gasteiger charge is 1.89. The molecule has 0 atom stereocenters. The second-order valence-electron chi connectivity index (χ2n) is 4.18. The Hall–Kier alpha value is -0.660. The summed E-state index contributed by atoms with van der Waals surface area (Å²) in [6, 6.07) is 0. The van der Waals surface area contributed by atoms with Crippen LogP contribution in [0.5, 0.6) is 0 Å². The van der Waals surface area contributed by atoms with Crippen molar-refractivity contribution in [3.8, 4) is 0 Å². The van der Waals surface area contributed by atoms with E-state index in [1.807, 2.05) is 0 Å². The summed E-state index contributed by atoms with van der Waals surface area (Å²) >= 11 is 0. The van der Waals surface area contributed by atoms with E-state index < -0.39 is 0 Å². The summed E-state index contributed by atoms with van der Waals surface area (Å²) < 4.78 is 0. The first-order valence-corrected chi connectivity index (χ1v) is 6.62. The van der Waals surface area contributed by atoms with E-state index in [1.165, 1.54) is 32.1 Å². The zero-order valence-corrected chi connectivity index (χ0v) is 11.3. The van der Waals surface area contributed by atoms with Gasteiger partial charge in [0.15, 0.2) is 0 Å². The number of unbranched alkanes of at least 4 members (excludes halogenated alkanes) is 6. The van der Waals surface area contributed by atoms with Crippen molar-refractivity contribution < 1.29 is 9.59 Å². The lowest BCUT2D eigenvalue weighted by atomic mass is 10.2. The van der Waals surface area contributed by atoms with Crippen molar-refractivity contribution in [3.63, 3.8) is 0 Å². The van der Waals surface area contributed by atoms with Gasteiger partial charge in [-0.3, -0.25) is 0 Å². The lowest BCUT2D eigenvalue weighted by Gasteiger charge is -1.90. The Bertz CT molecular complexity index is 153. The molecule has 0 amide bonds. The molecule has 0 spiro atoms. The van der Waals surface area contributed by atoms with E-state index in [1.54, 1.807) is 6.92 Å². The van der Waals surface area contributed by atoms with Crippen LogP contribution in [0, 0.1) is 0 Å². The summed E-state index contributed by atoms with van der Waals surface area (Å²) in [5.74, 6) is 0.318. The van der Waals surface area contributed by atoms with Gasteiger partial charge < -0.3 is 9.59 Å². The molecule has 0 aliphatic heterocycles. The summed E-state index contributed by atoms with van der Waals surface area (Å²) in [6.45, 7) is 5.96. The van der Waals surface area contributed by atoms with Gasteiger partial charge in [0.2, 0.25) is 0 Å². The van der Waals surface area contributed by atoms with Gasteiger partial charge >= 0.3 is 0 Å². The van der Waals surface area contributed by atoms with Crippen molar-refractivity contribution in [2.24, 2.45) is 0 Å². The van der Waals surface area contributed by atoms with Gasteiger partial charge in [-0.25, -0.2) is 0 Å². The van der Waals surface area contributed by atoms with Crippen molar-refractivity contribution in [2.45, 2.75) is 78.6 Å². The van der Waals surface area contributed by atoms with Gasteiger partial charge in [0.1, 0.15) is 12.1 Å². The van der Waals surface area contributed by atoms with Gasteiger partial charge in [0.05, 0.1) is 0 Å². The fraction of sp³-hybridized carbons (Fsp3) is 0.857. The summed E-state index contributed by atoms with van der Waals surface area (Å²) in [5, 5.41) is 0. The number of hydrogen-bond acceptors (Lipinski definition) is 2. The number of carbonyl (C=O) groups excluding carboxylic acids is 2. The van der Waals surface area contributed by atoms with E-state index in [4.69, 9.17) is 0 Å². The first-order chi connectivity index (χ1) is 7.68. The Morgan fingerprint density at radius 1 is 0.938 bits per heavy atom. The van der Waals surface area contributed by atoms with E-state index in [0.717, 1.165) is 32.0 Å². The second-order valence-corrected chi connectivity index (χ2v) is 4.18. The maximum Gasteiger partial charge on any atom is 0.129 e. The van der Waals surface area contributed by atoms with Crippen LogP contribution in [-0.4, -0.2) is 12.1 Å². The van der Waals surface area contributed by atoms with Gasteiger partial charge in [-0.15, -0.1) is 0 Å². The van der Waals surface area contributed by atoms with Gasteiger partial charge in [-0.1, -0.05) is 46.0 Å². The Morgan fingerprint density at radius 3 is 1.94 bits per heavy atom. The highest BCUT2D eigenvalue weighted by atomic mass is 16.1. The fourth-order valence-electron chi connectivity index (χ4n) is 1.28. The SMILES string of the molecule is CCCCCC(C)=O.CCCCCCC=O. The molecule has 0 N–H and O–H groups in total. The first-order valence-electron chi connectivity index (χ1n) is 6.62. The highest BCUT2D eigenvalue weighted by Crippen LogP contribution is 1.99. The lowest BCUT2D eigenvalue weighted by Crippen LogP contribution is -1.87. The molecule has 0 aromatic heterocycles. The van der Waals surface area contributed by atoms with Gasteiger partial charge in [0, 0.05) is 12.8 Å². The van der Waals surface area contributed by atoms with Crippen LogP contribution in [0.15, 0.2) is 0 Å². The molecule has 0 fully saturated rings. The molecule has 0 saturated carbocycles. The molecule has 0 aromatic rings. The number of aldehydes is 1. The molecular formula is C14H28O2. The van der Waals surface area contributed by atoms with E-state index in [2.05, 4.69) is 13.8 Å². The molecule has 0 heterocycles. The summed E-state index contributed by atoms with van der Waals surface area (Å²) in [4.78, 5) is 20.1. The number of hydrogen-bond donors (Lipinski definition) is 0. The van der Waals surface area contributed by atoms with Gasteiger partial charge in [0.25, 0.3) is 0 Å². The molecule has 96 valence electrons. The Labute approximate surface area is 101 Å². The van der Waals surface area contributed by atoms with E-state index in [0.29, 0.717) is 5.78 Å². The van der Waals surface area contributed by atoms with Crippen molar-refractivity contribution >= 4 is 12.1 Å². The summed E-state index contributed by atoms with van der Waals surface area (Å²) in [6.07, 6.45) is 10.8. The number of rotatable bonds is 9. The zero-order valence-electron chi connectivity index (χ0n) is 11.3. The average molecular weight is 228 g/mol. The monoisotopic (exact) mass is 228 g/mol. The normalized spacial score (nSPS) is 9.19. The average Bonchev–Trinajstić information content (AvgIpc) is 2.25. The third-order valence-electron chi connectivity index (χ3n) is 2.31. The van der Waals surface area contributed by atoms with Crippen LogP contribution in [-0.2, 0) is 9.59 Å². The molecule has 0 radical (unpaired) electrons. The predicted octanol–water partition coefficient (Wildman–Crippen LogP) is 4.31. The number of Topliss-reactive ketones (excluding diaryl/α,β-unsaturated/α-hetero) is 1. The number of carbonyl (C=O) groups is 2. The minimum atomic E-state index is 0.318. The van der Waals surface area contributed by atoms with Crippen LogP contribution in [0.2, 0.25) is 0 Å². The van der Waals surface area contributed by atoms with Crippen LogP contribution in [0.4, 0.5) is 0 Å². The Morgan fingerprint density at radius 2 is 1.50 bits per heavy atom. The summed E-state index contributed by atoms with van der Waals surface area (Å²) in [7, 11) is 0. The molecule has 0 saturated heterocycles. The van der Waals surface area contributed by atoms with Gasteiger partial charge in [-0.05, 0) is 19.8 Å². The van der Waals surface area contributed by atoms with Crippen LogP contribution in [0.25, 0.3) is 0 Å². The highest BCUT2D eigenvalue weighted by molar-refractivity contribution is 5.75. The molecule has 0 unspecified atom stereocenters. The molecule has 0 aliphatic rings. The Balaban J connectivity index is 0. The molecular weight excluding hydrogens is 200 g/mol. The quantitative estimate of drug-likeness (QED) is 0.435. The van der Waals surface area contributed by atoms with Gasteiger partial charge in [-0.2, -0.15) is 0 Å². The largest absolute Gasteiger partial charge is 0.303 e. The van der Waals surface area contributed by atoms with E-state index in [-0.39, 0.29) is 0 Å². The molecule has 2 heteroatoms. The van der Waals surface area contributed by atoms with Crippen LogP contribution in [0.3, 0.4) is 0 Å². The zero-order chi connectivity index (χ0) is 12.6. The molecule has 0 aliphatic carbocycles.